The molecule has 3 nitrogen and oxygen atoms in total. The molecule has 0 bridgehead atoms. The number of benzene rings is 8. The Labute approximate surface area is 359 Å². The van der Waals surface area contributed by atoms with Gasteiger partial charge < -0.3 is 14.8 Å². The molecule has 1 N–H and O–H groups in total. The second-order valence-electron chi connectivity index (χ2n) is 15.9. The molecule has 0 saturated carbocycles. The van der Waals surface area contributed by atoms with E-state index in [2.05, 4.69) is 206 Å². The zero-order valence-corrected chi connectivity index (χ0v) is 34.6. The van der Waals surface area contributed by atoms with E-state index in [-0.39, 0.29) is 0 Å². The molecule has 11 rings (SSSR count). The summed E-state index contributed by atoms with van der Waals surface area (Å²) in [6, 6.07) is 67.4. The van der Waals surface area contributed by atoms with Gasteiger partial charge in [0.05, 0.1) is 5.41 Å². The van der Waals surface area contributed by atoms with Crippen LogP contribution >= 0.6 is 0 Å². The Balaban J connectivity index is 0.00000144. The van der Waals surface area contributed by atoms with Crippen LogP contribution in [-0.2, 0) is 11.8 Å². The van der Waals surface area contributed by atoms with Crippen molar-refractivity contribution in [3.8, 4) is 34.1 Å². The maximum Gasteiger partial charge on any atom is 0.177 e. The highest BCUT2D eigenvalue weighted by molar-refractivity contribution is 5.98. The fourth-order valence-electron chi connectivity index (χ4n) is 9.60. The van der Waals surface area contributed by atoms with Crippen LogP contribution in [0.3, 0.4) is 0 Å². The molecule has 61 heavy (non-hydrogen) atoms. The van der Waals surface area contributed by atoms with Gasteiger partial charge in [-0.2, -0.15) is 0 Å². The van der Waals surface area contributed by atoms with Crippen molar-refractivity contribution in [2.45, 2.75) is 24.7 Å². The second-order valence-corrected chi connectivity index (χ2v) is 15.9. The topological polar surface area (TPSA) is 30.5 Å². The maximum absolute atomic E-state index is 7.04. The van der Waals surface area contributed by atoms with Crippen LogP contribution in [-0.4, -0.2) is 14.1 Å². The van der Waals surface area contributed by atoms with Gasteiger partial charge in [0.2, 0.25) is 0 Å². The van der Waals surface area contributed by atoms with Gasteiger partial charge in [-0.25, -0.2) is 0 Å². The molecule has 1 heterocycles. The lowest BCUT2D eigenvalue weighted by atomic mass is 9.66. The summed E-state index contributed by atoms with van der Waals surface area (Å²) >= 11 is 0. The van der Waals surface area contributed by atoms with Gasteiger partial charge in [-0.05, 0) is 112 Å². The summed E-state index contributed by atoms with van der Waals surface area (Å²) in [6.45, 7) is 0. The maximum atomic E-state index is 7.04. The Kier molecular flexibility index (Phi) is 10.3. The van der Waals surface area contributed by atoms with Crippen molar-refractivity contribution in [2.75, 3.05) is 14.1 Å². The van der Waals surface area contributed by atoms with Gasteiger partial charge in [0.25, 0.3) is 0 Å². The Hall–Kier alpha value is -7.20. The molecule has 0 unspecified atom stereocenters. The summed E-state index contributed by atoms with van der Waals surface area (Å²) in [4.78, 5) is 0. The predicted octanol–water partition coefficient (Wildman–Crippen LogP) is 14.4. The molecule has 2 aliphatic carbocycles. The highest BCUT2D eigenvalue weighted by Gasteiger charge is 2.49. The molecule has 0 radical (unpaired) electrons. The Morgan fingerprint density at radius 2 is 1.23 bits per heavy atom. The zero-order chi connectivity index (χ0) is 41.2. The minimum Gasteiger partial charge on any atom is -0.449 e. The molecule has 0 atom stereocenters. The van der Waals surface area contributed by atoms with Gasteiger partial charge in [0, 0.05) is 11.1 Å². The van der Waals surface area contributed by atoms with E-state index in [1.807, 2.05) is 20.2 Å². The van der Waals surface area contributed by atoms with Crippen LogP contribution in [0.1, 0.15) is 51.8 Å². The Morgan fingerprint density at radius 1 is 0.607 bits per heavy atom. The molecular weight excluding hydrogens is 743 g/mol. The normalized spacial score (nSPS) is 14.4. The highest BCUT2D eigenvalue weighted by Crippen LogP contribution is 2.62. The predicted molar refractivity (Wildman–Crippen MR) is 253 cm³/mol. The lowest BCUT2D eigenvalue weighted by molar-refractivity contribution is 0.359. The zero-order valence-electron chi connectivity index (χ0n) is 34.6. The monoisotopic (exact) mass is 789 g/mol. The number of hydrogen-bond acceptors (Lipinski definition) is 3. The molecule has 3 heteroatoms. The quantitative estimate of drug-likeness (QED) is 0.174. The summed E-state index contributed by atoms with van der Waals surface area (Å²) in [5.74, 6) is 3.02. The number of para-hydroxylation sites is 1. The number of allylic oxidation sites excluding steroid dienone is 5. The number of ether oxygens (including phenoxy) is 2. The fourth-order valence-corrected chi connectivity index (χ4v) is 9.60. The van der Waals surface area contributed by atoms with Crippen molar-refractivity contribution in [2.24, 2.45) is 0 Å². The van der Waals surface area contributed by atoms with Crippen LogP contribution in [0, 0.1) is 0 Å². The first-order chi connectivity index (χ1) is 30.2. The molecule has 8 aromatic rings. The second kappa shape index (κ2) is 16.5. The van der Waals surface area contributed by atoms with Gasteiger partial charge in [0.1, 0.15) is 0 Å². The van der Waals surface area contributed by atoms with E-state index in [9.17, 15) is 0 Å². The van der Waals surface area contributed by atoms with Crippen molar-refractivity contribution in [1.82, 2.24) is 5.32 Å². The molecular formula is C58H47NO2. The molecule has 1 aliphatic heterocycles. The molecule has 8 aromatic carbocycles. The number of rotatable bonds is 7. The minimum absolute atomic E-state index is 0.465. The first-order valence-electron chi connectivity index (χ1n) is 21.3. The van der Waals surface area contributed by atoms with E-state index < -0.39 is 5.41 Å². The fraction of sp³-hybridized carbons (Fsp3) is 0.103. The van der Waals surface area contributed by atoms with Crippen molar-refractivity contribution >= 4 is 21.9 Å². The SMILES string of the molecule is C1=CC2=C(CC1)c1c(ccc3c1Oc1cccc(-c4ccc(/C(=C\Cc5ccccc5)c5cccc6ccccc56)cc4)c1O3)C2(c1ccccc1)c1ccccc1.CNC. The van der Waals surface area contributed by atoms with Crippen LogP contribution in [0.5, 0.6) is 23.0 Å². The van der Waals surface area contributed by atoms with Gasteiger partial charge in [-0.1, -0.05) is 194 Å². The minimum atomic E-state index is -0.465. The summed E-state index contributed by atoms with van der Waals surface area (Å²) in [7, 11) is 3.75. The highest BCUT2D eigenvalue weighted by atomic mass is 16.6. The van der Waals surface area contributed by atoms with Gasteiger partial charge in [-0.3, -0.25) is 0 Å². The average Bonchev–Trinajstić information content (AvgIpc) is 3.64. The van der Waals surface area contributed by atoms with E-state index in [1.54, 1.807) is 0 Å². The molecule has 0 amide bonds. The van der Waals surface area contributed by atoms with E-state index in [0.717, 1.165) is 59.0 Å². The van der Waals surface area contributed by atoms with Crippen LogP contribution < -0.4 is 14.8 Å². The van der Waals surface area contributed by atoms with Crippen molar-refractivity contribution in [3.05, 3.63) is 251 Å². The Morgan fingerprint density at radius 3 is 1.97 bits per heavy atom. The van der Waals surface area contributed by atoms with Gasteiger partial charge in [-0.15, -0.1) is 0 Å². The molecule has 3 aliphatic rings. The number of nitrogens with one attached hydrogen (secondary N) is 1. The standard InChI is InChI=1S/C56H40O2.C2H7N/c1-4-16-38(17-5-1)30-35-45(47-27-14-19-39-18-10-11-24-44(39)47)40-31-33-41(34-32-40)46-26-15-29-51-54(46)57-52-37-36-50-53(55(52)58-51)48-25-12-13-28-49(48)56(50,42-20-6-2-7-21-42)43-22-8-3-9-23-43;1-3-2/h1-11,13-24,26-29,31-37H,12,25,30H2;3H,1-2H3/b45-35+;. The van der Waals surface area contributed by atoms with Crippen LogP contribution in [0.25, 0.3) is 33.0 Å². The number of fused-ring (bicyclic) bond motifs is 6. The molecule has 296 valence electrons. The van der Waals surface area contributed by atoms with Crippen molar-refractivity contribution < 1.29 is 9.47 Å². The molecule has 0 saturated heterocycles. The first kappa shape index (κ1) is 38.0. The lowest BCUT2D eigenvalue weighted by Crippen LogP contribution is -2.29. The first-order valence-corrected chi connectivity index (χ1v) is 21.3. The van der Waals surface area contributed by atoms with E-state index >= 15 is 0 Å². The summed E-state index contributed by atoms with van der Waals surface area (Å²) < 4.78 is 14.0. The molecule has 0 spiro atoms. The number of hydrogen-bond donors (Lipinski definition) is 1. The molecule has 0 aromatic heterocycles. The van der Waals surface area contributed by atoms with E-state index in [1.165, 1.54) is 60.9 Å². The lowest BCUT2D eigenvalue weighted by Gasteiger charge is -2.35. The van der Waals surface area contributed by atoms with E-state index in [4.69, 9.17) is 9.47 Å². The van der Waals surface area contributed by atoms with Crippen molar-refractivity contribution in [1.29, 1.82) is 0 Å². The van der Waals surface area contributed by atoms with E-state index in [0.29, 0.717) is 0 Å². The third-order valence-electron chi connectivity index (χ3n) is 12.2. The van der Waals surface area contributed by atoms with Gasteiger partial charge >= 0.3 is 0 Å². The Bertz CT molecular complexity index is 2920. The van der Waals surface area contributed by atoms with Crippen LogP contribution in [0.2, 0.25) is 0 Å². The molecule has 0 fully saturated rings. The van der Waals surface area contributed by atoms with Gasteiger partial charge in [0.15, 0.2) is 23.0 Å². The van der Waals surface area contributed by atoms with Crippen LogP contribution in [0.15, 0.2) is 212 Å². The average molecular weight is 790 g/mol. The largest absolute Gasteiger partial charge is 0.449 e. The summed E-state index contributed by atoms with van der Waals surface area (Å²) in [5, 5.41) is 5.23. The smallest absolute Gasteiger partial charge is 0.177 e. The third-order valence-corrected chi connectivity index (χ3v) is 12.2. The van der Waals surface area contributed by atoms with Crippen molar-refractivity contribution in [3.63, 3.8) is 0 Å². The third kappa shape index (κ3) is 6.68. The summed E-state index contributed by atoms with van der Waals surface area (Å²) in [5.41, 5.74) is 14.1. The van der Waals surface area contributed by atoms with Crippen LogP contribution in [0.4, 0.5) is 0 Å². The summed E-state index contributed by atoms with van der Waals surface area (Å²) in [6.07, 6.45) is 9.83.